The zero-order valence-electron chi connectivity index (χ0n) is 13.2. The third kappa shape index (κ3) is 5.17. The molecule has 1 fully saturated rings. The quantitative estimate of drug-likeness (QED) is 0.720. The maximum absolute atomic E-state index is 12.3. The fourth-order valence-corrected chi connectivity index (χ4v) is 2.38. The molecular formula is C14H27N3O4. The van der Waals surface area contributed by atoms with E-state index in [-0.39, 0.29) is 6.03 Å². The monoisotopic (exact) mass is 301 g/mol. The van der Waals surface area contributed by atoms with Crippen molar-refractivity contribution in [2.75, 3.05) is 46.9 Å². The minimum absolute atomic E-state index is 0.305. The Kier molecular flexibility index (Phi) is 6.91. The Morgan fingerprint density at radius 2 is 1.86 bits per heavy atom. The molecule has 0 unspecified atom stereocenters. The van der Waals surface area contributed by atoms with E-state index in [2.05, 4.69) is 10.2 Å². The summed E-state index contributed by atoms with van der Waals surface area (Å²) in [6, 6.07) is -0.305. The summed E-state index contributed by atoms with van der Waals surface area (Å²) in [4.78, 5) is 27.6. The molecule has 1 aliphatic heterocycles. The van der Waals surface area contributed by atoms with E-state index in [4.69, 9.17) is 4.74 Å². The number of carboxylic acids is 1. The van der Waals surface area contributed by atoms with Gasteiger partial charge in [-0.25, -0.2) is 9.59 Å². The Morgan fingerprint density at radius 1 is 1.24 bits per heavy atom. The molecule has 0 aromatic rings. The van der Waals surface area contributed by atoms with Crippen molar-refractivity contribution in [3.63, 3.8) is 0 Å². The van der Waals surface area contributed by atoms with Gasteiger partial charge in [-0.2, -0.15) is 0 Å². The number of hydrogen-bond donors (Lipinski definition) is 2. The van der Waals surface area contributed by atoms with Crippen LogP contribution in [0.5, 0.6) is 0 Å². The summed E-state index contributed by atoms with van der Waals surface area (Å²) in [7, 11) is 3.97. The molecule has 0 saturated carbocycles. The molecule has 0 aromatic heterocycles. The number of nitrogens with one attached hydrogen (secondary N) is 1. The van der Waals surface area contributed by atoms with Gasteiger partial charge in [0.25, 0.3) is 0 Å². The Hall–Kier alpha value is -1.34. The normalized spacial score (nSPS) is 17.5. The highest BCUT2D eigenvalue weighted by atomic mass is 16.5. The van der Waals surface area contributed by atoms with Crippen molar-refractivity contribution < 1.29 is 19.4 Å². The second-order valence-corrected chi connectivity index (χ2v) is 5.67. The van der Waals surface area contributed by atoms with Crippen molar-refractivity contribution in [3.8, 4) is 0 Å². The average molecular weight is 301 g/mol. The second-order valence-electron chi connectivity index (χ2n) is 5.67. The number of urea groups is 1. The molecule has 0 bridgehead atoms. The molecule has 7 heteroatoms. The smallest absolute Gasteiger partial charge is 0.329 e. The average Bonchev–Trinajstić information content (AvgIpc) is 2.44. The number of hydrogen-bond acceptors (Lipinski definition) is 4. The van der Waals surface area contributed by atoms with E-state index in [0.29, 0.717) is 39.1 Å². The second kappa shape index (κ2) is 8.19. The van der Waals surface area contributed by atoms with Crippen LogP contribution in [-0.4, -0.2) is 79.4 Å². The minimum Gasteiger partial charge on any atom is -0.480 e. The van der Waals surface area contributed by atoms with Crippen LogP contribution < -0.4 is 5.32 Å². The van der Waals surface area contributed by atoms with E-state index < -0.39 is 11.5 Å². The lowest BCUT2D eigenvalue weighted by molar-refractivity contribution is -0.148. The van der Waals surface area contributed by atoms with Gasteiger partial charge >= 0.3 is 12.0 Å². The number of aliphatic carboxylic acids is 1. The zero-order valence-corrected chi connectivity index (χ0v) is 13.2. The van der Waals surface area contributed by atoms with Crippen LogP contribution >= 0.6 is 0 Å². The van der Waals surface area contributed by atoms with Crippen LogP contribution in [0, 0.1) is 0 Å². The van der Waals surface area contributed by atoms with Crippen molar-refractivity contribution >= 4 is 12.0 Å². The number of carboxylic acid groups (broad SMARTS) is 1. The first-order valence-corrected chi connectivity index (χ1v) is 7.44. The van der Waals surface area contributed by atoms with Crippen LogP contribution in [-0.2, 0) is 9.53 Å². The predicted molar refractivity (Wildman–Crippen MR) is 79.4 cm³/mol. The van der Waals surface area contributed by atoms with Gasteiger partial charge in [0, 0.05) is 39.1 Å². The Labute approximate surface area is 126 Å². The van der Waals surface area contributed by atoms with Crippen LogP contribution in [0.2, 0.25) is 0 Å². The largest absolute Gasteiger partial charge is 0.480 e. The summed E-state index contributed by atoms with van der Waals surface area (Å²) < 4.78 is 5.20. The summed E-state index contributed by atoms with van der Waals surface area (Å²) >= 11 is 0. The fourth-order valence-electron chi connectivity index (χ4n) is 2.38. The van der Waals surface area contributed by atoms with Gasteiger partial charge in [-0.3, -0.25) is 0 Å². The number of amides is 2. The lowest BCUT2D eigenvalue weighted by atomic mass is 9.90. The van der Waals surface area contributed by atoms with Crippen LogP contribution in [0.4, 0.5) is 4.79 Å². The van der Waals surface area contributed by atoms with Gasteiger partial charge < -0.3 is 25.0 Å². The van der Waals surface area contributed by atoms with Crippen molar-refractivity contribution in [1.29, 1.82) is 0 Å². The molecule has 2 N–H and O–H groups in total. The number of carbonyl (C=O) groups excluding carboxylic acids is 1. The lowest BCUT2D eigenvalue weighted by Crippen LogP contribution is -2.60. The van der Waals surface area contributed by atoms with Gasteiger partial charge in [0.2, 0.25) is 0 Å². The number of rotatable bonds is 7. The lowest BCUT2D eigenvalue weighted by Gasteiger charge is -2.35. The molecule has 0 aromatic carbocycles. The minimum atomic E-state index is -1.19. The van der Waals surface area contributed by atoms with Crippen molar-refractivity contribution in [1.82, 2.24) is 15.1 Å². The van der Waals surface area contributed by atoms with Crippen LogP contribution in [0.15, 0.2) is 0 Å². The van der Waals surface area contributed by atoms with E-state index in [0.717, 1.165) is 13.0 Å². The van der Waals surface area contributed by atoms with Crippen molar-refractivity contribution in [2.45, 2.75) is 31.7 Å². The van der Waals surface area contributed by atoms with E-state index >= 15 is 0 Å². The van der Waals surface area contributed by atoms with E-state index in [1.165, 1.54) is 0 Å². The maximum atomic E-state index is 12.3. The highest BCUT2D eigenvalue weighted by Gasteiger charge is 2.42. The summed E-state index contributed by atoms with van der Waals surface area (Å²) in [5.41, 5.74) is -1.19. The van der Waals surface area contributed by atoms with Crippen LogP contribution in [0.1, 0.15) is 26.2 Å². The first kappa shape index (κ1) is 17.7. The Morgan fingerprint density at radius 3 is 2.33 bits per heavy atom. The summed E-state index contributed by atoms with van der Waals surface area (Å²) in [5.74, 6) is -0.983. The molecule has 122 valence electrons. The Bertz CT molecular complexity index is 354. The van der Waals surface area contributed by atoms with Gasteiger partial charge in [0.15, 0.2) is 0 Å². The standard InChI is InChI=1S/C14H27N3O4/c1-4-17(9-5-8-16(2)3)13(20)15-14(12(18)19)6-10-21-11-7-14/h4-11H2,1-3H3,(H,15,20)(H,18,19). The van der Waals surface area contributed by atoms with Gasteiger partial charge in [-0.15, -0.1) is 0 Å². The summed E-state index contributed by atoms with van der Waals surface area (Å²) in [6.07, 6.45) is 1.48. The number of nitrogens with zero attached hydrogens (tertiary/aromatic N) is 2. The zero-order chi connectivity index (χ0) is 15.9. The fraction of sp³-hybridized carbons (Fsp3) is 0.857. The maximum Gasteiger partial charge on any atom is 0.329 e. The number of carbonyl (C=O) groups is 2. The summed E-state index contributed by atoms with van der Waals surface area (Å²) in [5, 5.41) is 12.2. The molecule has 7 nitrogen and oxygen atoms in total. The molecule has 1 heterocycles. The van der Waals surface area contributed by atoms with Crippen LogP contribution in [0.25, 0.3) is 0 Å². The summed E-state index contributed by atoms with van der Waals surface area (Å²) in [6.45, 7) is 4.69. The first-order valence-electron chi connectivity index (χ1n) is 7.44. The molecule has 2 amide bonds. The van der Waals surface area contributed by atoms with Crippen molar-refractivity contribution in [2.24, 2.45) is 0 Å². The van der Waals surface area contributed by atoms with Crippen LogP contribution in [0.3, 0.4) is 0 Å². The third-order valence-electron chi connectivity index (χ3n) is 3.80. The predicted octanol–water partition coefficient (Wildman–Crippen LogP) is 0.603. The van der Waals surface area contributed by atoms with Gasteiger partial charge in [-0.05, 0) is 34.0 Å². The number of ether oxygens (including phenoxy) is 1. The molecular weight excluding hydrogens is 274 g/mol. The SMILES string of the molecule is CCN(CCCN(C)C)C(=O)NC1(C(=O)O)CCOCC1. The van der Waals surface area contributed by atoms with Gasteiger partial charge in [0.05, 0.1) is 0 Å². The third-order valence-corrected chi connectivity index (χ3v) is 3.80. The molecule has 0 radical (unpaired) electrons. The molecule has 0 spiro atoms. The highest BCUT2D eigenvalue weighted by molar-refractivity contribution is 5.86. The molecule has 0 atom stereocenters. The Balaban J connectivity index is 2.60. The molecule has 1 aliphatic rings. The molecule has 21 heavy (non-hydrogen) atoms. The van der Waals surface area contributed by atoms with E-state index in [1.807, 2.05) is 21.0 Å². The highest BCUT2D eigenvalue weighted by Crippen LogP contribution is 2.21. The van der Waals surface area contributed by atoms with E-state index in [1.54, 1.807) is 4.90 Å². The molecule has 1 saturated heterocycles. The van der Waals surface area contributed by atoms with Crippen molar-refractivity contribution in [3.05, 3.63) is 0 Å². The van der Waals surface area contributed by atoms with Gasteiger partial charge in [0.1, 0.15) is 5.54 Å². The molecule has 1 rings (SSSR count). The molecule has 0 aliphatic carbocycles. The topological polar surface area (TPSA) is 82.1 Å². The first-order chi connectivity index (χ1) is 9.91. The van der Waals surface area contributed by atoms with E-state index in [9.17, 15) is 14.7 Å². The van der Waals surface area contributed by atoms with Gasteiger partial charge in [-0.1, -0.05) is 0 Å².